The van der Waals surface area contributed by atoms with Gasteiger partial charge >= 0.3 is 0 Å². The first-order valence-corrected chi connectivity index (χ1v) is 11.7. The molecule has 4 rings (SSSR count). The van der Waals surface area contributed by atoms with E-state index in [1.54, 1.807) is 6.08 Å². The van der Waals surface area contributed by atoms with Gasteiger partial charge in [-0.25, -0.2) is 0 Å². The van der Waals surface area contributed by atoms with Crippen molar-refractivity contribution in [1.29, 1.82) is 0 Å². The minimum absolute atomic E-state index is 0.0763. The summed E-state index contributed by atoms with van der Waals surface area (Å²) in [6.07, 6.45) is 6.71. The van der Waals surface area contributed by atoms with Gasteiger partial charge < -0.3 is 14.5 Å². The fraction of sp³-hybridized carbons (Fsp3) is 0.276. The summed E-state index contributed by atoms with van der Waals surface area (Å²) in [6.45, 7) is 7.29. The van der Waals surface area contributed by atoms with Gasteiger partial charge in [0.2, 0.25) is 5.91 Å². The zero-order valence-electron chi connectivity index (χ0n) is 19.6. The van der Waals surface area contributed by atoms with Gasteiger partial charge in [0.25, 0.3) is 0 Å². The lowest BCUT2D eigenvalue weighted by Crippen LogP contribution is -2.22. The topological polar surface area (TPSA) is 51.5 Å². The first-order valence-electron chi connectivity index (χ1n) is 11.7. The molecule has 0 saturated heterocycles. The van der Waals surface area contributed by atoms with Gasteiger partial charge in [0.05, 0.1) is 12.9 Å². The molecule has 0 fully saturated rings. The van der Waals surface area contributed by atoms with Crippen molar-refractivity contribution in [3.63, 3.8) is 0 Å². The minimum Gasteiger partial charge on any atom is -0.493 e. The van der Waals surface area contributed by atoms with E-state index in [-0.39, 0.29) is 5.91 Å². The summed E-state index contributed by atoms with van der Waals surface area (Å²) >= 11 is 0. The zero-order chi connectivity index (χ0) is 23.2. The second kappa shape index (κ2) is 10.4. The molecule has 0 saturated carbocycles. The lowest BCUT2D eigenvalue weighted by Gasteiger charge is -2.12. The number of hydrogen-bond donors (Lipinski definition) is 1. The molecule has 4 nitrogen and oxygen atoms in total. The smallest absolute Gasteiger partial charge is 0.244 e. The fourth-order valence-electron chi connectivity index (χ4n) is 4.22. The third-order valence-electron chi connectivity index (χ3n) is 5.91. The third-order valence-corrected chi connectivity index (χ3v) is 5.91. The second-order valence-corrected chi connectivity index (χ2v) is 8.28. The van der Waals surface area contributed by atoms with Crippen molar-refractivity contribution in [2.75, 3.05) is 13.2 Å². The summed E-state index contributed by atoms with van der Waals surface area (Å²) in [5.41, 5.74) is 4.68. The number of hydrogen-bond acceptors (Lipinski definition) is 3. The van der Waals surface area contributed by atoms with E-state index < -0.39 is 0 Å². The van der Waals surface area contributed by atoms with Crippen LogP contribution >= 0.6 is 0 Å². The fourth-order valence-corrected chi connectivity index (χ4v) is 4.22. The van der Waals surface area contributed by atoms with Crippen LogP contribution in [-0.2, 0) is 4.79 Å². The maximum Gasteiger partial charge on any atom is 0.244 e. The molecule has 1 N–H and O–H groups in total. The minimum atomic E-state index is -0.0763. The molecule has 0 unspecified atom stereocenters. The first-order chi connectivity index (χ1) is 16.1. The highest BCUT2D eigenvalue weighted by molar-refractivity contribution is 6.06. The summed E-state index contributed by atoms with van der Waals surface area (Å²) in [7, 11) is 0. The Morgan fingerprint density at radius 1 is 1.00 bits per heavy atom. The van der Waals surface area contributed by atoms with Crippen LogP contribution in [0.4, 0.5) is 0 Å². The second-order valence-electron chi connectivity index (χ2n) is 8.28. The summed E-state index contributed by atoms with van der Waals surface area (Å²) in [4.78, 5) is 12.5. The van der Waals surface area contributed by atoms with Crippen LogP contribution in [-0.4, -0.2) is 19.1 Å². The van der Waals surface area contributed by atoms with Crippen LogP contribution in [0.5, 0.6) is 5.75 Å². The van der Waals surface area contributed by atoms with Crippen molar-refractivity contribution in [3.8, 4) is 16.9 Å². The molecule has 0 aliphatic heterocycles. The quantitative estimate of drug-likeness (QED) is 0.218. The maximum atomic E-state index is 12.5. The van der Waals surface area contributed by atoms with Crippen molar-refractivity contribution in [3.05, 3.63) is 72.5 Å². The molecular weight excluding hydrogens is 410 g/mol. The summed E-state index contributed by atoms with van der Waals surface area (Å²) in [5, 5.41) is 6.35. The number of ether oxygens (including phenoxy) is 1. The Morgan fingerprint density at radius 2 is 1.82 bits per heavy atom. The molecule has 0 radical (unpaired) electrons. The number of allylic oxidation sites excluding steroid dienone is 1. The molecule has 0 spiro atoms. The molecule has 4 heteroatoms. The van der Waals surface area contributed by atoms with E-state index in [9.17, 15) is 4.79 Å². The Bertz CT molecular complexity index is 1290. The highest BCUT2D eigenvalue weighted by Gasteiger charge is 2.16. The van der Waals surface area contributed by atoms with Crippen LogP contribution in [0.3, 0.4) is 0 Å². The molecule has 33 heavy (non-hydrogen) atoms. The Morgan fingerprint density at radius 3 is 2.64 bits per heavy atom. The van der Waals surface area contributed by atoms with Gasteiger partial charge in [-0.15, -0.1) is 0 Å². The van der Waals surface area contributed by atoms with Gasteiger partial charge in [-0.1, -0.05) is 62.2 Å². The molecule has 4 aromatic rings. The monoisotopic (exact) mass is 441 g/mol. The Hall–Kier alpha value is -3.53. The van der Waals surface area contributed by atoms with Gasteiger partial charge in [0.15, 0.2) is 0 Å². The van der Waals surface area contributed by atoms with Crippen LogP contribution in [0.15, 0.2) is 71.4 Å². The number of fused-ring (bicyclic) bond motifs is 2. The third kappa shape index (κ3) is 4.95. The molecule has 0 bridgehead atoms. The van der Waals surface area contributed by atoms with E-state index in [4.69, 9.17) is 9.15 Å². The van der Waals surface area contributed by atoms with Crippen LogP contribution in [0, 0.1) is 0 Å². The van der Waals surface area contributed by atoms with Crippen molar-refractivity contribution in [2.45, 2.75) is 40.0 Å². The van der Waals surface area contributed by atoms with Crippen molar-refractivity contribution >= 4 is 33.2 Å². The number of unbranched alkanes of at least 4 members (excludes halogenated alkanes) is 2. The SMILES string of the molecule is CCCCCNC(=O)/C=C(\C)c1cc2c(-c3cccc4ccccc34)coc2cc1OCC. The van der Waals surface area contributed by atoms with Crippen LogP contribution in [0.25, 0.3) is 38.4 Å². The number of nitrogens with one attached hydrogen (secondary N) is 1. The zero-order valence-corrected chi connectivity index (χ0v) is 19.6. The van der Waals surface area contributed by atoms with Crippen LogP contribution in [0.2, 0.25) is 0 Å². The largest absolute Gasteiger partial charge is 0.493 e. The molecular formula is C29H31NO3. The van der Waals surface area contributed by atoms with E-state index in [1.165, 1.54) is 10.8 Å². The lowest BCUT2D eigenvalue weighted by molar-refractivity contribution is -0.116. The van der Waals surface area contributed by atoms with E-state index in [2.05, 4.69) is 54.7 Å². The molecule has 0 aliphatic carbocycles. The van der Waals surface area contributed by atoms with Crippen molar-refractivity contribution < 1.29 is 13.9 Å². The van der Waals surface area contributed by atoms with Crippen molar-refractivity contribution in [1.82, 2.24) is 5.32 Å². The summed E-state index contributed by atoms with van der Waals surface area (Å²) in [6, 6.07) is 18.7. The molecule has 0 atom stereocenters. The van der Waals surface area contributed by atoms with E-state index in [0.29, 0.717) is 13.2 Å². The average Bonchev–Trinajstić information content (AvgIpc) is 3.24. The highest BCUT2D eigenvalue weighted by atomic mass is 16.5. The maximum absolute atomic E-state index is 12.5. The molecule has 170 valence electrons. The predicted molar refractivity (Wildman–Crippen MR) is 137 cm³/mol. The van der Waals surface area contributed by atoms with Gasteiger partial charge in [-0.2, -0.15) is 0 Å². The summed E-state index contributed by atoms with van der Waals surface area (Å²) in [5.74, 6) is 0.643. The molecule has 0 aliphatic rings. The average molecular weight is 442 g/mol. The normalized spacial score (nSPS) is 11.8. The number of furan rings is 1. The number of rotatable bonds is 9. The van der Waals surface area contributed by atoms with Crippen LogP contribution < -0.4 is 10.1 Å². The van der Waals surface area contributed by atoms with Crippen molar-refractivity contribution in [2.24, 2.45) is 0 Å². The number of carbonyl (C=O) groups is 1. The predicted octanol–water partition coefficient (Wildman–Crippen LogP) is 7.36. The number of carbonyl (C=O) groups excluding carboxylic acids is 1. The Labute approximate surface area is 195 Å². The number of benzene rings is 3. The Kier molecular flexibility index (Phi) is 7.13. The summed E-state index contributed by atoms with van der Waals surface area (Å²) < 4.78 is 11.9. The van der Waals surface area contributed by atoms with Gasteiger partial charge in [0.1, 0.15) is 11.3 Å². The standard InChI is InChI=1S/C29H31NO3/c1-4-6-9-15-30-29(31)16-20(3)24-17-25-26(19-33-28(25)18-27(24)32-5-2)23-14-10-12-21-11-7-8-13-22(21)23/h7-8,10-14,16-19H,4-6,9,15H2,1-3H3,(H,30,31)/b20-16+. The van der Waals surface area contributed by atoms with E-state index >= 15 is 0 Å². The lowest BCUT2D eigenvalue weighted by atomic mass is 9.96. The molecule has 1 amide bonds. The molecule has 1 heterocycles. The van der Waals surface area contributed by atoms with Crippen LogP contribution in [0.1, 0.15) is 45.6 Å². The van der Waals surface area contributed by atoms with E-state index in [0.717, 1.165) is 58.2 Å². The molecule has 3 aromatic carbocycles. The molecule has 1 aromatic heterocycles. The highest BCUT2D eigenvalue weighted by Crippen LogP contribution is 2.39. The number of amides is 1. The first kappa shape index (κ1) is 22.7. The van der Waals surface area contributed by atoms with Gasteiger partial charge in [-0.05, 0) is 48.2 Å². The van der Waals surface area contributed by atoms with Gasteiger partial charge in [-0.3, -0.25) is 4.79 Å². The van der Waals surface area contributed by atoms with Gasteiger partial charge in [0, 0.05) is 35.2 Å². The van der Waals surface area contributed by atoms with E-state index in [1.807, 2.05) is 32.2 Å². The Balaban J connectivity index is 1.76.